The molecule has 2 nitrogen and oxygen atoms in total. The number of carbonyl (C=O) groups excluding carboxylic acids is 1. The van der Waals surface area contributed by atoms with Crippen LogP contribution in [0, 0.1) is 0 Å². The summed E-state index contributed by atoms with van der Waals surface area (Å²) in [5.74, 6) is 0. The molecule has 2 heteroatoms. The fraction of sp³-hybridized carbons (Fsp3) is 0.889. The first-order valence-electron chi connectivity index (χ1n) is 4.63. The molecule has 0 aromatic rings. The lowest BCUT2D eigenvalue weighted by Gasteiger charge is -2.19. The van der Waals surface area contributed by atoms with Gasteiger partial charge in [-0.1, -0.05) is 33.1 Å². The second kappa shape index (κ2) is 7.58. The van der Waals surface area contributed by atoms with E-state index in [2.05, 4.69) is 5.32 Å². The first kappa shape index (κ1) is 10.5. The van der Waals surface area contributed by atoms with Crippen LogP contribution in [0.4, 0.5) is 0 Å². The lowest BCUT2D eigenvalue weighted by Crippen LogP contribution is -2.29. The van der Waals surface area contributed by atoms with E-state index in [1.165, 1.54) is 32.1 Å². The van der Waals surface area contributed by atoms with Crippen LogP contribution in [0.5, 0.6) is 0 Å². The fourth-order valence-electron chi connectivity index (χ4n) is 1.37. The predicted molar refractivity (Wildman–Crippen MR) is 49.5 cm³/mol. The van der Waals surface area contributed by atoms with E-state index in [0.29, 0.717) is 6.04 Å². The Bertz CT molecular complexity index is 92.5. The van der Waals surface area contributed by atoms with Gasteiger partial charge in [0.1, 0.15) is 0 Å². The molecule has 0 aromatic heterocycles. The predicted octanol–water partition coefficient (Wildman–Crippen LogP) is 2.34. The zero-order valence-electron chi connectivity index (χ0n) is 7.60. The molecule has 11 heavy (non-hydrogen) atoms. The highest BCUT2D eigenvalue weighted by Crippen LogP contribution is 2.16. The molecule has 1 fully saturated rings. The molecule has 0 unspecified atom stereocenters. The molecule has 1 saturated carbocycles. The maximum Gasteiger partial charge on any atom is 0.207 e. The Morgan fingerprint density at radius 2 is 1.82 bits per heavy atom. The summed E-state index contributed by atoms with van der Waals surface area (Å²) in [5, 5.41) is 2.80. The van der Waals surface area contributed by atoms with Crippen molar-refractivity contribution in [2.45, 2.75) is 52.0 Å². The standard InChI is InChI=1S/C7H13NO.C2H6.H2/c9-6-8-7-4-2-1-3-5-7;1-2;/h6-7H,1-5H2,(H,8,9);1-2H3;1H. The van der Waals surface area contributed by atoms with Crippen LogP contribution in [0.25, 0.3) is 0 Å². The summed E-state index contributed by atoms with van der Waals surface area (Å²) in [6, 6.07) is 0.483. The molecule has 1 rings (SSSR count). The summed E-state index contributed by atoms with van der Waals surface area (Å²) in [6.45, 7) is 4.00. The Morgan fingerprint density at radius 3 is 2.27 bits per heavy atom. The molecule has 0 spiro atoms. The normalized spacial score (nSPS) is 18.0. The van der Waals surface area contributed by atoms with Crippen LogP contribution >= 0.6 is 0 Å². The van der Waals surface area contributed by atoms with Gasteiger partial charge >= 0.3 is 0 Å². The third-order valence-electron chi connectivity index (χ3n) is 1.91. The number of hydrogen-bond acceptors (Lipinski definition) is 1. The summed E-state index contributed by atoms with van der Waals surface area (Å²) in [4.78, 5) is 9.96. The van der Waals surface area contributed by atoms with Crippen molar-refractivity contribution < 1.29 is 6.22 Å². The summed E-state index contributed by atoms with van der Waals surface area (Å²) in [7, 11) is 0. The minimum absolute atomic E-state index is 0. The molecular weight excluding hydrogens is 138 g/mol. The molecule has 1 N–H and O–H groups in total. The molecule has 68 valence electrons. The van der Waals surface area contributed by atoms with Crippen LogP contribution in [0.3, 0.4) is 0 Å². The fourth-order valence-corrected chi connectivity index (χ4v) is 1.37. The minimum Gasteiger partial charge on any atom is -0.356 e. The number of nitrogens with one attached hydrogen (secondary N) is 1. The quantitative estimate of drug-likeness (QED) is 0.616. The Labute approximate surface area is 70.9 Å². The van der Waals surface area contributed by atoms with Crippen LogP contribution in [-0.2, 0) is 4.79 Å². The molecular formula is C9H21NO. The van der Waals surface area contributed by atoms with Gasteiger partial charge in [-0.3, -0.25) is 4.79 Å². The Hall–Kier alpha value is -0.530. The second-order valence-electron chi connectivity index (χ2n) is 2.62. The van der Waals surface area contributed by atoms with Crippen LogP contribution in [0.2, 0.25) is 0 Å². The maximum atomic E-state index is 9.96. The molecule has 1 aliphatic carbocycles. The second-order valence-corrected chi connectivity index (χ2v) is 2.62. The molecule has 0 heterocycles. The SMILES string of the molecule is CC.O=CNC1CCCCC1.[HH]. The number of hydrogen-bond donors (Lipinski definition) is 1. The van der Waals surface area contributed by atoms with Crippen molar-refractivity contribution in [1.29, 1.82) is 0 Å². The van der Waals surface area contributed by atoms with Gasteiger partial charge in [0.25, 0.3) is 0 Å². The van der Waals surface area contributed by atoms with Crippen molar-refractivity contribution in [1.82, 2.24) is 5.32 Å². The average molecular weight is 159 g/mol. The average Bonchev–Trinajstić information content (AvgIpc) is 2.11. The summed E-state index contributed by atoms with van der Waals surface area (Å²) in [6.07, 6.45) is 7.08. The van der Waals surface area contributed by atoms with Gasteiger partial charge in [-0.15, -0.1) is 0 Å². The van der Waals surface area contributed by atoms with Gasteiger partial charge in [0, 0.05) is 7.47 Å². The van der Waals surface area contributed by atoms with E-state index in [1.54, 1.807) is 0 Å². The molecule has 0 bridgehead atoms. The zero-order valence-corrected chi connectivity index (χ0v) is 7.60. The van der Waals surface area contributed by atoms with Crippen LogP contribution < -0.4 is 5.32 Å². The van der Waals surface area contributed by atoms with Crippen molar-refractivity contribution in [3.8, 4) is 0 Å². The van der Waals surface area contributed by atoms with E-state index in [9.17, 15) is 4.79 Å². The van der Waals surface area contributed by atoms with E-state index in [4.69, 9.17) is 0 Å². The Morgan fingerprint density at radius 1 is 1.27 bits per heavy atom. The number of amides is 1. The molecule has 0 radical (unpaired) electrons. The molecule has 0 aliphatic heterocycles. The van der Waals surface area contributed by atoms with Crippen LogP contribution in [-0.4, -0.2) is 12.5 Å². The number of rotatable bonds is 2. The monoisotopic (exact) mass is 159 g/mol. The lowest BCUT2D eigenvalue weighted by molar-refractivity contribution is -0.110. The highest BCUT2D eigenvalue weighted by atomic mass is 16.1. The van der Waals surface area contributed by atoms with Crippen molar-refractivity contribution in [2.24, 2.45) is 0 Å². The van der Waals surface area contributed by atoms with E-state index < -0.39 is 0 Å². The van der Waals surface area contributed by atoms with E-state index in [0.717, 1.165) is 6.41 Å². The largest absolute Gasteiger partial charge is 0.356 e. The highest BCUT2D eigenvalue weighted by Gasteiger charge is 2.10. The molecule has 1 aliphatic rings. The van der Waals surface area contributed by atoms with Gasteiger partial charge in [0.15, 0.2) is 0 Å². The summed E-state index contributed by atoms with van der Waals surface area (Å²) in [5.41, 5.74) is 0. The van der Waals surface area contributed by atoms with Crippen molar-refractivity contribution in [3.05, 3.63) is 0 Å². The topological polar surface area (TPSA) is 29.1 Å². The molecule has 0 saturated heterocycles. The van der Waals surface area contributed by atoms with Gasteiger partial charge in [-0.05, 0) is 12.8 Å². The van der Waals surface area contributed by atoms with Crippen molar-refractivity contribution in [3.63, 3.8) is 0 Å². The van der Waals surface area contributed by atoms with Gasteiger partial charge in [-0.25, -0.2) is 0 Å². The van der Waals surface area contributed by atoms with E-state index in [-0.39, 0.29) is 1.43 Å². The van der Waals surface area contributed by atoms with Crippen molar-refractivity contribution >= 4 is 6.41 Å². The van der Waals surface area contributed by atoms with Gasteiger partial charge in [0.2, 0.25) is 6.41 Å². The number of carbonyl (C=O) groups is 1. The third-order valence-corrected chi connectivity index (χ3v) is 1.91. The Kier molecular flexibility index (Phi) is 7.21. The summed E-state index contributed by atoms with van der Waals surface area (Å²) >= 11 is 0. The Balaban J connectivity index is 0. The minimum atomic E-state index is 0. The molecule has 0 aromatic carbocycles. The maximum absolute atomic E-state index is 9.96. The first-order valence-corrected chi connectivity index (χ1v) is 4.63. The van der Waals surface area contributed by atoms with E-state index in [1.807, 2.05) is 13.8 Å². The van der Waals surface area contributed by atoms with Crippen LogP contribution in [0.1, 0.15) is 47.4 Å². The lowest BCUT2D eigenvalue weighted by atomic mass is 9.96. The third kappa shape index (κ3) is 4.82. The van der Waals surface area contributed by atoms with Gasteiger partial charge in [0.05, 0.1) is 0 Å². The first-order chi connectivity index (χ1) is 5.43. The zero-order chi connectivity index (χ0) is 8.53. The molecule has 0 atom stereocenters. The highest BCUT2D eigenvalue weighted by molar-refractivity contribution is 5.46. The van der Waals surface area contributed by atoms with Gasteiger partial charge < -0.3 is 5.32 Å². The molecule has 1 amide bonds. The summed E-state index contributed by atoms with van der Waals surface area (Å²) < 4.78 is 0. The van der Waals surface area contributed by atoms with E-state index >= 15 is 0 Å². The van der Waals surface area contributed by atoms with Gasteiger partial charge in [-0.2, -0.15) is 0 Å². The van der Waals surface area contributed by atoms with Crippen molar-refractivity contribution in [2.75, 3.05) is 0 Å². The smallest absolute Gasteiger partial charge is 0.207 e. The van der Waals surface area contributed by atoms with Crippen LogP contribution in [0.15, 0.2) is 0 Å².